The Morgan fingerprint density at radius 1 is 1.19 bits per heavy atom. The van der Waals surface area contributed by atoms with E-state index in [0.29, 0.717) is 31.8 Å². The van der Waals surface area contributed by atoms with Crippen molar-refractivity contribution in [3.8, 4) is 0 Å². The SMILES string of the molecule is COCCn1c([C@H]2CC(=O)N(c3ccccc3F)C2)nc2ccccc21. The molecule has 3 aromatic rings. The average Bonchev–Trinajstić information content (AvgIpc) is 3.21. The number of para-hydroxylation sites is 3. The predicted octanol–water partition coefficient (Wildman–Crippen LogP) is 3.34. The van der Waals surface area contributed by atoms with Crippen LogP contribution in [-0.2, 0) is 16.1 Å². The van der Waals surface area contributed by atoms with Crippen molar-refractivity contribution in [1.29, 1.82) is 0 Å². The first-order chi connectivity index (χ1) is 12.7. The van der Waals surface area contributed by atoms with Crippen LogP contribution < -0.4 is 4.90 Å². The van der Waals surface area contributed by atoms with Gasteiger partial charge in [0.05, 0.1) is 23.3 Å². The second-order valence-corrected chi connectivity index (χ2v) is 6.46. The molecular weight excluding hydrogens is 333 g/mol. The highest BCUT2D eigenvalue weighted by molar-refractivity contribution is 5.96. The molecule has 1 amide bonds. The Morgan fingerprint density at radius 3 is 2.77 bits per heavy atom. The number of methoxy groups -OCH3 is 1. The van der Waals surface area contributed by atoms with Gasteiger partial charge in [-0.15, -0.1) is 0 Å². The van der Waals surface area contributed by atoms with Crippen molar-refractivity contribution >= 4 is 22.6 Å². The summed E-state index contributed by atoms with van der Waals surface area (Å²) in [5, 5.41) is 0. The quantitative estimate of drug-likeness (QED) is 0.707. The number of benzene rings is 2. The molecule has 1 atom stereocenters. The fraction of sp³-hybridized carbons (Fsp3) is 0.300. The van der Waals surface area contributed by atoms with E-state index in [-0.39, 0.29) is 17.6 Å². The number of aromatic nitrogens is 2. The molecule has 1 aromatic heterocycles. The molecule has 1 fully saturated rings. The van der Waals surface area contributed by atoms with E-state index in [9.17, 15) is 9.18 Å². The monoisotopic (exact) mass is 353 g/mol. The van der Waals surface area contributed by atoms with E-state index < -0.39 is 0 Å². The highest BCUT2D eigenvalue weighted by Crippen LogP contribution is 2.34. The van der Waals surface area contributed by atoms with Crippen LogP contribution in [0.25, 0.3) is 11.0 Å². The van der Waals surface area contributed by atoms with Crippen LogP contribution in [0.4, 0.5) is 10.1 Å². The largest absolute Gasteiger partial charge is 0.383 e. The minimum atomic E-state index is -0.380. The first kappa shape index (κ1) is 16.7. The standard InChI is InChI=1S/C20H20FN3O2/c1-26-11-10-23-18-9-5-3-7-16(18)22-20(23)14-12-19(25)24(13-14)17-8-4-2-6-15(17)21/h2-9,14H,10-13H2,1H3/t14-/m0/s1. The molecule has 5 nitrogen and oxygen atoms in total. The van der Waals surface area contributed by atoms with E-state index in [1.165, 1.54) is 11.0 Å². The molecule has 2 heterocycles. The normalized spacial score (nSPS) is 17.4. The van der Waals surface area contributed by atoms with Crippen LogP contribution >= 0.6 is 0 Å². The summed E-state index contributed by atoms with van der Waals surface area (Å²) in [5.74, 6) is 0.321. The molecular formula is C20H20FN3O2. The maximum Gasteiger partial charge on any atom is 0.227 e. The molecule has 0 spiro atoms. The van der Waals surface area contributed by atoms with Crippen LogP contribution in [0.1, 0.15) is 18.2 Å². The van der Waals surface area contributed by atoms with Gasteiger partial charge in [-0.1, -0.05) is 24.3 Å². The Morgan fingerprint density at radius 2 is 1.96 bits per heavy atom. The number of carbonyl (C=O) groups is 1. The molecule has 6 heteroatoms. The smallest absolute Gasteiger partial charge is 0.227 e. The van der Waals surface area contributed by atoms with Gasteiger partial charge in [-0.3, -0.25) is 4.79 Å². The second-order valence-electron chi connectivity index (χ2n) is 6.46. The molecule has 4 rings (SSSR count). The minimum absolute atomic E-state index is 0.0774. The first-order valence-corrected chi connectivity index (χ1v) is 8.68. The lowest BCUT2D eigenvalue weighted by Gasteiger charge is -2.18. The van der Waals surface area contributed by atoms with Gasteiger partial charge >= 0.3 is 0 Å². The number of imidazole rings is 1. The third-order valence-electron chi connectivity index (χ3n) is 4.84. The molecule has 26 heavy (non-hydrogen) atoms. The Kier molecular flexibility index (Phi) is 4.42. The number of nitrogens with zero attached hydrogens (tertiary/aromatic N) is 3. The number of rotatable bonds is 5. The number of carbonyl (C=O) groups excluding carboxylic acids is 1. The topological polar surface area (TPSA) is 47.4 Å². The van der Waals surface area contributed by atoms with Gasteiger partial charge in [-0.25, -0.2) is 9.37 Å². The fourth-order valence-electron chi connectivity index (χ4n) is 3.61. The maximum atomic E-state index is 14.1. The van der Waals surface area contributed by atoms with Crippen molar-refractivity contribution < 1.29 is 13.9 Å². The Balaban J connectivity index is 1.70. The van der Waals surface area contributed by atoms with Crippen molar-refractivity contribution in [1.82, 2.24) is 9.55 Å². The number of hydrogen-bond acceptors (Lipinski definition) is 3. The zero-order valence-electron chi connectivity index (χ0n) is 14.6. The fourth-order valence-corrected chi connectivity index (χ4v) is 3.61. The maximum absolute atomic E-state index is 14.1. The van der Waals surface area contributed by atoms with Crippen LogP contribution in [0.5, 0.6) is 0 Å². The summed E-state index contributed by atoms with van der Waals surface area (Å²) >= 11 is 0. The summed E-state index contributed by atoms with van der Waals surface area (Å²) < 4.78 is 21.5. The molecule has 1 aliphatic heterocycles. The molecule has 134 valence electrons. The lowest BCUT2D eigenvalue weighted by atomic mass is 10.1. The van der Waals surface area contributed by atoms with Gasteiger partial charge < -0.3 is 14.2 Å². The summed E-state index contributed by atoms with van der Waals surface area (Å²) in [4.78, 5) is 18.8. The number of amides is 1. The lowest BCUT2D eigenvalue weighted by Crippen LogP contribution is -2.25. The summed E-state index contributed by atoms with van der Waals surface area (Å²) in [6.45, 7) is 1.65. The average molecular weight is 353 g/mol. The van der Waals surface area contributed by atoms with Gasteiger partial charge in [-0.05, 0) is 24.3 Å². The zero-order valence-corrected chi connectivity index (χ0v) is 14.6. The van der Waals surface area contributed by atoms with E-state index in [1.54, 1.807) is 25.3 Å². The van der Waals surface area contributed by atoms with E-state index in [4.69, 9.17) is 9.72 Å². The van der Waals surface area contributed by atoms with E-state index >= 15 is 0 Å². The van der Waals surface area contributed by atoms with Crippen molar-refractivity contribution in [2.24, 2.45) is 0 Å². The van der Waals surface area contributed by atoms with Crippen molar-refractivity contribution in [2.45, 2.75) is 18.9 Å². The molecule has 0 radical (unpaired) electrons. The van der Waals surface area contributed by atoms with Crippen LogP contribution in [0.15, 0.2) is 48.5 Å². The number of halogens is 1. The van der Waals surface area contributed by atoms with Gasteiger partial charge in [0.1, 0.15) is 11.6 Å². The highest BCUT2D eigenvalue weighted by Gasteiger charge is 2.35. The third kappa shape index (κ3) is 2.86. The van der Waals surface area contributed by atoms with Crippen LogP contribution in [-0.4, -0.2) is 35.7 Å². The molecule has 0 bridgehead atoms. The van der Waals surface area contributed by atoms with Gasteiger partial charge in [0.15, 0.2) is 0 Å². The molecule has 1 saturated heterocycles. The Hall–Kier alpha value is -2.73. The molecule has 0 aliphatic carbocycles. The molecule has 2 aromatic carbocycles. The molecule has 0 N–H and O–H groups in total. The second kappa shape index (κ2) is 6.88. The minimum Gasteiger partial charge on any atom is -0.383 e. The van der Waals surface area contributed by atoms with Crippen LogP contribution in [0, 0.1) is 5.82 Å². The van der Waals surface area contributed by atoms with Crippen molar-refractivity contribution in [3.05, 3.63) is 60.2 Å². The van der Waals surface area contributed by atoms with Gasteiger partial charge in [0.25, 0.3) is 0 Å². The molecule has 0 unspecified atom stereocenters. The number of ether oxygens (including phenoxy) is 1. The zero-order chi connectivity index (χ0) is 18.1. The molecule has 1 aliphatic rings. The van der Waals surface area contributed by atoms with E-state index in [1.807, 2.05) is 24.3 Å². The molecule has 0 saturated carbocycles. The number of hydrogen-bond donors (Lipinski definition) is 0. The summed E-state index contributed by atoms with van der Waals surface area (Å²) in [6.07, 6.45) is 0.324. The predicted molar refractivity (Wildman–Crippen MR) is 97.7 cm³/mol. The van der Waals surface area contributed by atoms with Crippen LogP contribution in [0.3, 0.4) is 0 Å². The van der Waals surface area contributed by atoms with Gasteiger partial charge in [0, 0.05) is 32.5 Å². The highest BCUT2D eigenvalue weighted by atomic mass is 19.1. The Bertz CT molecular complexity index is 953. The lowest BCUT2D eigenvalue weighted by molar-refractivity contribution is -0.117. The van der Waals surface area contributed by atoms with Crippen LogP contribution in [0.2, 0.25) is 0 Å². The van der Waals surface area contributed by atoms with Gasteiger partial charge in [0.2, 0.25) is 5.91 Å². The summed E-state index contributed by atoms with van der Waals surface area (Å²) in [5.41, 5.74) is 2.26. The van der Waals surface area contributed by atoms with E-state index in [0.717, 1.165) is 16.9 Å². The Labute approximate surface area is 151 Å². The van der Waals surface area contributed by atoms with Crippen molar-refractivity contribution in [2.75, 3.05) is 25.2 Å². The summed E-state index contributed by atoms with van der Waals surface area (Å²) in [7, 11) is 1.66. The van der Waals surface area contributed by atoms with Crippen molar-refractivity contribution in [3.63, 3.8) is 0 Å². The summed E-state index contributed by atoms with van der Waals surface area (Å²) in [6, 6.07) is 14.3. The van der Waals surface area contributed by atoms with E-state index in [2.05, 4.69) is 4.57 Å². The number of anilines is 1. The number of fused-ring (bicyclic) bond motifs is 1. The third-order valence-corrected chi connectivity index (χ3v) is 4.84. The van der Waals surface area contributed by atoms with Gasteiger partial charge in [-0.2, -0.15) is 0 Å². The first-order valence-electron chi connectivity index (χ1n) is 8.68.